The molecule has 0 bridgehead atoms. The van der Waals surface area contributed by atoms with E-state index in [4.69, 9.17) is 0 Å². The predicted octanol–water partition coefficient (Wildman–Crippen LogP) is 2.52. The van der Waals surface area contributed by atoms with Crippen molar-refractivity contribution in [1.82, 2.24) is 20.4 Å². The summed E-state index contributed by atoms with van der Waals surface area (Å²) in [6.45, 7) is 5.70. The molecule has 0 fully saturated rings. The Morgan fingerprint density at radius 1 is 1.08 bits per heavy atom. The number of carbonyl (C=O) groups is 1. The largest absolute Gasteiger partial charge is 0.351 e. The number of carbonyl (C=O) groups excluding carboxylic acids is 1. The highest BCUT2D eigenvalue weighted by molar-refractivity contribution is 5.92. The van der Waals surface area contributed by atoms with Crippen LogP contribution >= 0.6 is 0 Å². The molecule has 6 heteroatoms. The van der Waals surface area contributed by atoms with Gasteiger partial charge in [-0.25, -0.2) is 0 Å². The van der Waals surface area contributed by atoms with Gasteiger partial charge in [-0.05, 0) is 76.3 Å². The lowest BCUT2D eigenvalue weighted by Crippen LogP contribution is -2.28. The fraction of sp³-hybridized carbons (Fsp3) is 0.389. The van der Waals surface area contributed by atoms with Crippen LogP contribution in [0.25, 0.3) is 0 Å². The molecule has 2 N–H and O–H groups in total. The van der Waals surface area contributed by atoms with Gasteiger partial charge in [0.2, 0.25) is 0 Å². The number of benzene rings is 1. The smallest absolute Gasteiger partial charge is 0.271 e. The third-order valence-corrected chi connectivity index (χ3v) is 3.74. The number of aromatic nitrogens is 2. The van der Waals surface area contributed by atoms with E-state index in [2.05, 4.69) is 51.7 Å². The summed E-state index contributed by atoms with van der Waals surface area (Å²) in [6, 6.07) is 9.55. The van der Waals surface area contributed by atoms with E-state index in [1.54, 1.807) is 12.1 Å². The van der Waals surface area contributed by atoms with Gasteiger partial charge in [0.25, 0.3) is 5.91 Å². The molecule has 0 radical (unpaired) electrons. The van der Waals surface area contributed by atoms with Gasteiger partial charge >= 0.3 is 0 Å². The normalized spacial score (nSPS) is 10.7. The van der Waals surface area contributed by atoms with Crippen LogP contribution < -0.4 is 10.6 Å². The van der Waals surface area contributed by atoms with Crippen molar-refractivity contribution in [2.75, 3.05) is 32.5 Å². The van der Waals surface area contributed by atoms with E-state index < -0.39 is 0 Å². The van der Waals surface area contributed by atoms with Crippen LogP contribution in [-0.2, 0) is 0 Å². The molecule has 2 rings (SSSR count). The van der Waals surface area contributed by atoms with Crippen molar-refractivity contribution in [2.24, 2.45) is 0 Å². The standard InChI is InChI=1S/C18H25N5O/c1-13-6-7-15(12-14(13)2)20-17-9-8-16(21-22-17)18(24)19-10-5-11-23(3)4/h6-9,12H,5,10-11H2,1-4H3,(H,19,24)(H,20,22). The quantitative estimate of drug-likeness (QED) is 0.765. The maximum Gasteiger partial charge on any atom is 0.271 e. The van der Waals surface area contributed by atoms with Gasteiger partial charge in [0, 0.05) is 12.2 Å². The summed E-state index contributed by atoms with van der Waals surface area (Å²) in [5.41, 5.74) is 3.73. The molecule has 0 aliphatic heterocycles. The molecule has 1 amide bonds. The third-order valence-electron chi connectivity index (χ3n) is 3.74. The molecule has 0 saturated heterocycles. The Bertz CT molecular complexity index is 682. The summed E-state index contributed by atoms with van der Waals surface area (Å²) >= 11 is 0. The molecule has 0 aliphatic carbocycles. The summed E-state index contributed by atoms with van der Waals surface area (Å²) < 4.78 is 0. The SMILES string of the molecule is Cc1ccc(Nc2ccc(C(=O)NCCCN(C)C)nn2)cc1C. The van der Waals surface area contributed by atoms with Crippen molar-refractivity contribution in [1.29, 1.82) is 0 Å². The van der Waals surface area contributed by atoms with Gasteiger partial charge in [-0.2, -0.15) is 0 Å². The highest BCUT2D eigenvalue weighted by Gasteiger charge is 2.08. The minimum Gasteiger partial charge on any atom is -0.351 e. The second-order valence-electron chi connectivity index (χ2n) is 6.14. The van der Waals surface area contributed by atoms with Crippen molar-refractivity contribution >= 4 is 17.4 Å². The van der Waals surface area contributed by atoms with E-state index in [0.29, 0.717) is 18.1 Å². The fourth-order valence-corrected chi connectivity index (χ4v) is 2.17. The van der Waals surface area contributed by atoms with Crippen LogP contribution in [0.15, 0.2) is 30.3 Å². The Morgan fingerprint density at radius 2 is 1.88 bits per heavy atom. The zero-order chi connectivity index (χ0) is 17.5. The van der Waals surface area contributed by atoms with E-state index in [0.717, 1.165) is 18.7 Å². The lowest BCUT2D eigenvalue weighted by Gasteiger charge is -2.10. The molecule has 24 heavy (non-hydrogen) atoms. The molecular formula is C18H25N5O. The average molecular weight is 327 g/mol. The van der Waals surface area contributed by atoms with Gasteiger partial charge in [0.05, 0.1) is 0 Å². The maximum absolute atomic E-state index is 12.0. The van der Waals surface area contributed by atoms with E-state index in [-0.39, 0.29) is 5.91 Å². The Balaban J connectivity index is 1.90. The Labute approximate surface area is 143 Å². The van der Waals surface area contributed by atoms with Gasteiger partial charge in [-0.3, -0.25) is 4.79 Å². The molecule has 128 valence electrons. The summed E-state index contributed by atoms with van der Waals surface area (Å²) in [4.78, 5) is 14.1. The van der Waals surface area contributed by atoms with E-state index in [1.165, 1.54) is 11.1 Å². The second kappa shape index (κ2) is 8.40. The predicted molar refractivity (Wildman–Crippen MR) is 96.7 cm³/mol. The van der Waals surface area contributed by atoms with Gasteiger partial charge < -0.3 is 15.5 Å². The van der Waals surface area contributed by atoms with Crippen LogP contribution in [0.5, 0.6) is 0 Å². The Morgan fingerprint density at radius 3 is 2.50 bits per heavy atom. The van der Waals surface area contributed by atoms with Crippen LogP contribution in [0.1, 0.15) is 28.0 Å². The number of nitrogens with one attached hydrogen (secondary N) is 2. The first-order chi connectivity index (χ1) is 11.5. The van der Waals surface area contributed by atoms with Crippen molar-refractivity contribution in [2.45, 2.75) is 20.3 Å². The first-order valence-electron chi connectivity index (χ1n) is 8.06. The maximum atomic E-state index is 12.0. The molecule has 0 saturated carbocycles. The third kappa shape index (κ3) is 5.31. The van der Waals surface area contributed by atoms with Crippen molar-refractivity contribution in [3.05, 3.63) is 47.2 Å². The van der Waals surface area contributed by atoms with Gasteiger partial charge in [-0.1, -0.05) is 6.07 Å². The number of aryl methyl sites for hydroxylation is 2. The number of hydrogen-bond donors (Lipinski definition) is 2. The highest BCUT2D eigenvalue weighted by atomic mass is 16.1. The molecule has 0 unspecified atom stereocenters. The van der Waals surface area contributed by atoms with Crippen molar-refractivity contribution < 1.29 is 4.79 Å². The summed E-state index contributed by atoms with van der Waals surface area (Å²) in [7, 11) is 4.02. The zero-order valence-corrected chi connectivity index (χ0v) is 14.8. The van der Waals surface area contributed by atoms with Crippen molar-refractivity contribution in [3.8, 4) is 0 Å². The molecule has 0 aliphatic rings. The minimum atomic E-state index is -0.195. The van der Waals surface area contributed by atoms with E-state index in [9.17, 15) is 4.79 Å². The van der Waals surface area contributed by atoms with Crippen LogP contribution in [0.2, 0.25) is 0 Å². The topological polar surface area (TPSA) is 70.2 Å². The average Bonchev–Trinajstić information content (AvgIpc) is 2.55. The van der Waals surface area contributed by atoms with Gasteiger partial charge in [-0.15, -0.1) is 10.2 Å². The molecule has 1 heterocycles. The number of rotatable bonds is 7. The van der Waals surface area contributed by atoms with E-state index in [1.807, 2.05) is 20.2 Å². The second-order valence-corrected chi connectivity index (χ2v) is 6.14. The lowest BCUT2D eigenvalue weighted by molar-refractivity contribution is 0.0946. The number of nitrogens with zero attached hydrogens (tertiary/aromatic N) is 3. The summed E-state index contributed by atoms with van der Waals surface area (Å²) in [5, 5.41) is 14.1. The van der Waals surface area contributed by atoms with Crippen LogP contribution in [0.3, 0.4) is 0 Å². The lowest BCUT2D eigenvalue weighted by atomic mass is 10.1. The highest BCUT2D eigenvalue weighted by Crippen LogP contribution is 2.17. The number of anilines is 2. The van der Waals surface area contributed by atoms with Crippen molar-refractivity contribution in [3.63, 3.8) is 0 Å². The molecular weight excluding hydrogens is 302 g/mol. The Kier molecular flexibility index (Phi) is 6.26. The molecule has 2 aromatic rings. The fourth-order valence-electron chi connectivity index (χ4n) is 2.17. The van der Waals surface area contributed by atoms with Crippen LogP contribution in [0, 0.1) is 13.8 Å². The number of hydrogen-bond acceptors (Lipinski definition) is 5. The van der Waals surface area contributed by atoms with E-state index >= 15 is 0 Å². The number of amides is 1. The zero-order valence-electron chi connectivity index (χ0n) is 14.8. The van der Waals surface area contributed by atoms with Gasteiger partial charge in [0.15, 0.2) is 11.5 Å². The minimum absolute atomic E-state index is 0.195. The first kappa shape index (κ1) is 17.9. The molecule has 1 aromatic heterocycles. The monoisotopic (exact) mass is 327 g/mol. The molecule has 6 nitrogen and oxygen atoms in total. The molecule has 1 aromatic carbocycles. The molecule has 0 atom stereocenters. The molecule has 0 spiro atoms. The first-order valence-corrected chi connectivity index (χ1v) is 8.06. The van der Waals surface area contributed by atoms with Crippen LogP contribution in [0.4, 0.5) is 11.5 Å². The Hall–Kier alpha value is -2.47. The van der Waals surface area contributed by atoms with Crippen LogP contribution in [-0.4, -0.2) is 48.2 Å². The van der Waals surface area contributed by atoms with Gasteiger partial charge in [0.1, 0.15) is 0 Å². The summed E-state index contributed by atoms with van der Waals surface area (Å²) in [6.07, 6.45) is 0.901. The summed E-state index contributed by atoms with van der Waals surface area (Å²) in [5.74, 6) is 0.418.